The van der Waals surface area contributed by atoms with Crippen LogP contribution in [-0.2, 0) is 10.2 Å². The third-order valence-electron chi connectivity index (χ3n) is 3.74. The molecule has 0 radical (unpaired) electrons. The Morgan fingerprint density at radius 3 is 2.54 bits per heavy atom. The second kappa shape index (κ2) is 6.09. The molecule has 3 aromatic rings. The van der Waals surface area contributed by atoms with Crippen LogP contribution >= 0.6 is 0 Å². The van der Waals surface area contributed by atoms with Gasteiger partial charge in [-0.2, -0.15) is 0 Å². The molecule has 1 aromatic heterocycles. The number of hydrogen-bond donors (Lipinski definition) is 2. The molecular formula is C19H21N3O2. The molecule has 0 saturated heterocycles. The van der Waals surface area contributed by atoms with E-state index in [-0.39, 0.29) is 11.3 Å². The minimum atomic E-state index is -0.718. The minimum absolute atomic E-state index is 0.169. The lowest BCUT2D eigenvalue weighted by atomic mass is 9.97. The molecule has 1 atom stereocenters. The third-order valence-corrected chi connectivity index (χ3v) is 3.74. The number of nitrogens with zero attached hydrogens (tertiary/aromatic N) is 1. The first-order valence-electron chi connectivity index (χ1n) is 7.87. The van der Waals surface area contributed by atoms with Gasteiger partial charge in [0.2, 0.25) is 11.8 Å². The average molecular weight is 323 g/mol. The monoisotopic (exact) mass is 323 g/mol. The van der Waals surface area contributed by atoms with Crippen molar-refractivity contribution < 1.29 is 9.21 Å². The van der Waals surface area contributed by atoms with E-state index in [0.29, 0.717) is 22.7 Å². The first-order chi connectivity index (χ1) is 11.3. The van der Waals surface area contributed by atoms with Crippen molar-refractivity contribution in [2.45, 2.75) is 32.2 Å². The highest BCUT2D eigenvalue weighted by Gasteiger charge is 2.21. The Balaban J connectivity index is 1.81. The Morgan fingerprint density at radius 2 is 1.88 bits per heavy atom. The van der Waals surface area contributed by atoms with Gasteiger partial charge in [0.15, 0.2) is 5.58 Å². The third kappa shape index (κ3) is 3.31. The van der Waals surface area contributed by atoms with Crippen LogP contribution in [0.1, 0.15) is 38.3 Å². The summed E-state index contributed by atoms with van der Waals surface area (Å²) >= 11 is 0. The molecule has 0 aliphatic carbocycles. The number of nitrogens with one attached hydrogen (secondary N) is 1. The van der Waals surface area contributed by atoms with Crippen molar-refractivity contribution >= 4 is 22.7 Å². The van der Waals surface area contributed by atoms with Gasteiger partial charge in [-0.3, -0.25) is 4.79 Å². The normalized spacial score (nSPS) is 13.0. The molecular weight excluding hydrogens is 302 g/mol. The van der Waals surface area contributed by atoms with Crippen LogP contribution in [0.3, 0.4) is 0 Å². The standard InChI is InChI=1S/C19H21N3O2/c1-19(2,3)18-22-14-11-13(9-10-15(14)24-18)21-17(23)16(20)12-7-5-4-6-8-12/h4-11,16H,20H2,1-3H3,(H,21,23). The summed E-state index contributed by atoms with van der Waals surface area (Å²) in [4.78, 5) is 16.8. The highest BCUT2D eigenvalue weighted by Crippen LogP contribution is 2.27. The molecule has 0 bridgehead atoms. The van der Waals surface area contributed by atoms with Gasteiger partial charge in [-0.1, -0.05) is 51.1 Å². The zero-order valence-corrected chi connectivity index (χ0v) is 14.0. The molecule has 1 amide bonds. The lowest BCUT2D eigenvalue weighted by molar-refractivity contribution is -0.117. The summed E-state index contributed by atoms with van der Waals surface area (Å²) in [5.41, 5.74) is 8.68. The number of amides is 1. The van der Waals surface area contributed by atoms with E-state index in [1.54, 1.807) is 18.2 Å². The van der Waals surface area contributed by atoms with Crippen molar-refractivity contribution in [3.63, 3.8) is 0 Å². The van der Waals surface area contributed by atoms with Gasteiger partial charge in [0, 0.05) is 11.1 Å². The number of carbonyl (C=O) groups excluding carboxylic acids is 1. The fourth-order valence-corrected chi connectivity index (χ4v) is 2.36. The van der Waals surface area contributed by atoms with Gasteiger partial charge in [0.25, 0.3) is 0 Å². The van der Waals surface area contributed by atoms with Gasteiger partial charge >= 0.3 is 0 Å². The smallest absolute Gasteiger partial charge is 0.245 e. The van der Waals surface area contributed by atoms with Crippen LogP contribution in [0.5, 0.6) is 0 Å². The molecule has 3 rings (SSSR count). The Kier molecular flexibility index (Phi) is 4.11. The van der Waals surface area contributed by atoms with Crippen LogP contribution in [0, 0.1) is 0 Å². The largest absolute Gasteiger partial charge is 0.440 e. The van der Waals surface area contributed by atoms with E-state index in [9.17, 15) is 4.79 Å². The van der Waals surface area contributed by atoms with Gasteiger partial charge < -0.3 is 15.5 Å². The quantitative estimate of drug-likeness (QED) is 0.769. The van der Waals surface area contributed by atoms with E-state index in [1.807, 2.05) is 51.1 Å². The molecule has 0 spiro atoms. The molecule has 2 aromatic carbocycles. The van der Waals surface area contributed by atoms with Crippen LogP contribution < -0.4 is 11.1 Å². The highest BCUT2D eigenvalue weighted by molar-refractivity contribution is 5.96. The Labute approximate surface area is 140 Å². The number of nitrogens with two attached hydrogens (primary N) is 1. The van der Waals surface area contributed by atoms with Gasteiger partial charge in [-0.15, -0.1) is 0 Å². The number of carbonyl (C=O) groups is 1. The van der Waals surface area contributed by atoms with Gasteiger partial charge in [0.1, 0.15) is 11.6 Å². The second-order valence-corrected chi connectivity index (χ2v) is 6.83. The molecule has 0 fully saturated rings. The summed E-state index contributed by atoms with van der Waals surface area (Å²) in [5, 5.41) is 2.83. The maximum Gasteiger partial charge on any atom is 0.245 e. The summed E-state index contributed by atoms with van der Waals surface area (Å²) in [7, 11) is 0. The average Bonchev–Trinajstić information content (AvgIpc) is 2.98. The van der Waals surface area contributed by atoms with E-state index < -0.39 is 6.04 Å². The van der Waals surface area contributed by atoms with Crippen molar-refractivity contribution in [2.24, 2.45) is 5.73 Å². The van der Waals surface area contributed by atoms with E-state index in [2.05, 4.69) is 10.3 Å². The predicted molar refractivity (Wildman–Crippen MR) is 94.7 cm³/mol. The number of benzene rings is 2. The van der Waals surface area contributed by atoms with E-state index in [1.165, 1.54) is 0 Å². The van der Waals surface area contributed by atoms with Gasteiger partial charge in [-0.25, -0.2) is 4.98 Å². The van der Waals surface area contributed by atoms with E-state index in [0.717, 1.165) is 5.56 Å². The van der Waals surface area contributed by atoms with Crippen molar-refractivity contribution in [3.05, 3.63) is 60.0 Å². The molecule has 124 valence electrons. The maximum atomic E-state index is 12.3. The van der Waals surface area contributed by atoms with Crippen LogP contribution in [-0.4, -0.2) is 10.9 Å². The van der Waals surface area contributed by atoms with Gasteiger partial charge in [0.05, 0.1) is 0 Å². The number of oxazole rings is 1. The Morgan fingerprint density at radius 1 is 1.17 bits per heavy atom. The number of anilines is 1. The molecule has 24 heavy (non-hydrogen) atoms. The summed E-state index contributed by atoms with van der Waals surface area (Å²) in [6, 6.07) is 13.9. The zero-order chi connectivity index (χ0) is 17.3. The summed E-state index contributed by atoms with van der Waals surface area (Å²) < 4.78 is 5.76. The van der Waals surface area contributed by atoms with Crippen LogP contribution in [0.2, 0.25) is 0 Å². The lowest BCUT2D eigenvalue weighted by Gasteiger charge is -2.12. The second-order valence-electron chi connectivity index (χ2n) is 6.83. The van der Waals surface area contributed by atoms with Gasteiger partial charge in [-0.05, 0) is 23.8 Å². The highest BCUT2D eigenvalue weighted by atomic mass is 16.3. The van der Waals surface area contributed by atoms with Crippen molar-refractivity contribution in [2.75, 3.05) is 5.32 Å². The van der Waals surface area contributed by atoms with E-state index >= 15 is 0 Å². The maximum absolute atomic E-state index is 12.3. The molecule has 5 nitrogen and oxygen atoms in total. The topological polar surface area (TPSA) is 81.2 Å². The molecule has 1 heterocycles. The Bertz CT molecular complexity index is 863. The number of rotatable bonds is 3. The van der Waals surface area contributed by atoms with Crippen LogP contribution in [0.4, 0.5) is 5.69 Å². The van der Waals surface area contributed by atoms with Crippen LogP contribution in [0.15, 0.2) is 52.9 Å². The molecule has 5 heteroatoms. The predicted octanol–water partition coefficient (Wildman–Crippen LogP) is 3.76. The Hall–Kier alpha value is -2.66. The number of aromatic nitrogens is 1. The number of fused-ring (bicyclic) bond motifs is 1. The summed E-state index contributed by atoms with van der Waals surface area (Å²) in [6.45, 7) is 6.12. The molecule has 0 saturated carbocycles. The van der Waals surface area contributed by atoms with Crippen molar-refractivity contribution in [1.29, 1.82) is 0 Å². The van der Waals surface area contributed by atoms with Crippen molar-refractivity contribution in [3.8, 4) is 0 Å². The SMILES string of the molecule is CC(C)(C)c1nc2cc(NC(=O)C(N)c3ccccc3)ccc2o1. The fraction of sp³-hybridized carbons (Fsp3) is 0.263. The van der Waals surface area contributed by atoms with Crippen LogP contribution in [0.25, 0.3) is 11.1 Å². The number of hydrogen-bond acceptors (Lipinski definition) is 4. The molecule has 0 aliphatic heterocycles. The molecule has 0 aliphatic rings. The minimum Gasteiger partial charge on any atom is -0.440 e. The molecule has 3 N–H and O–H groups in total. The summed E-state index contributed by atoms with van der Waals surface area (Å²) in [6.07, 6.45) is 0. The van der Waals surface area contributed by atoms with Crippen molar-refractivity contribution in [1.82, 2.24) is 4.98 Å². The first-order valence-corrected chi connectivity index (χ1v) is 7.87. The van der Waals surface area contributed by atoms with E-state index in [4.69, 9.17) is 10.2 Å². The molecule has 1 unspecified atom stereocenters. The fourth-order valence-electron chi connectivity index (χ4n) is 2.36. The lowest BCUT2D eigenvalue weighted by Crippen LogP contribution is -2.27. The summed E-state index contributed by atoms with van der Waals surface area (Å²) in [5.74, 6) is 0.405. The first kappa shape index (κ1) is 16.2. The zero-order valence-electron chi connectivity index (χ0n) is 14.0.